The molecule has 0 saturated carbocycles. The molecule has 17 heavy (non-hydrogen) atoms. The molecule has 0 aromatic rings. The van der Waals surface area contributed by atoms with E-state index >= 15 is 0 Å². The third kappa shape index (κ3) is 3.96. The molecule has 0 radical (unpaired) electrons. The van der Waals surface area contributed by atoms with Crippen LogP contribution in [0.4, 0.5) is 0 Å². The van der Waals surface area contributed by atoms with E-state index < -0.39 is 0 Å². The van der Waals surface area contributed by atoms with Gasteiger partial charge in [-0.3, -0.25) is 9.69 Å². The molecular formula is C13H25N3O. The summed E-state index contributed by atoms with van der Waals surface area (Å²) in [4.78, 5) is 14.1. The van der Waals surface area contributed by atoms with Gasteiger partial charge in [-0.05, 0) is 25.2 Å². The highest BCUT2D eigenvalue weighted by Crippen LogP contribution is 2.19. The van der Waals surface area contributed by atoms with Crippen molar-refractivity contribution in [1.82, 2.24) is 15.5 Å². The largest absolute Gasteiger partial charge is 0.355 e. The number of hydrogen-bond donors (Lipinski definition) is 2. The highest BCUT2D eigenvalue weighted by Gasteiger charge is 2.29. The molecule has 2 aliphatic rings. The van der Waals surface area contributed by atoms with Crippen LogP contribution < -0.4 is 10.6 Å². The molecule has 2 N–H and O–H groups in total. The minimum atomic E-state index is 0.177. The second kappa shape index (κ2) is 5.83. The molecule has 2 saturated heterocycles. The van der Waals surface area contributed by atoms with E-state index in [1.165, 1.54) is 19.3 Å². The van der Waals surface area contributed by atoms with E-state index in [1.54, 1.807) is 0 Å². The van der Waals surface area contributed by atoms with Gasteiger partial charge >= 0.3 is 0 Å². The Bertz CT molecular complexity index is 267. The van der Waals surface area contributed by atoms with Crippen molar-refractivity contribution < 1.29 is 4.79 Å². The number of rotatable bonds is 4. The van der Waals surface area contributed by atoms with Crippen molar-refractivity contribution in [2.75, 3.05) is 26.2 Å². The highest BCUT2D eigenvalue weighted by atomic mass is 16.2. The Morgan fingerprint density at radius 1 is 1.35 bits per heavy atom. The zero-order valence-corrected chi connectivity index (χ0v) is 11.0. The lowest BCUT2D eigenvalue weighted by Gasteiger charge is -2.23. The van der Waals surface area contributed by atoms with Crippen LogP contribution in [0.25, 0.3) is 0 Å². The smallest absolute Gasteiger partial charge is 0.234 e. The number of nitrogens with one attached hydrogen (secondary N) is 2. The Hall–Kier alpha value is -0.610. The van der Waals surface area contributed by atoms with Gasteiger partial charge in [0.15, 0.2) is 0 Å². The Morgan fingerprint density at radius 2 is 2.12 bits per heavy atom. The van der Waals surface area contributed by atoms with Crippen LogP contribution in [0.5, 0.6) is 0 Å². The Labute approximate surface area is 104 Å². The summed E-state index contributed by atoms with van der Waals surface area (Å²) in [5.74, 6) is 0.706. The van der Waals surface area contributed by atoms with E-state index in [0.29, 0.717) is 24.5 Å². The van der Waals surface area contributed by atoms with E-state index in [9.17, 15) is 4.79 Å². The van der Waals surface area contributed by atoms with Crippen molar-refractivity contribution in [3.05, 3.63) is 0 Å². The second-order valence-electron chi connectivity index (χ2n) is 5.86. The first kappa shape index (κ1) is 12.8. The zero-order valence-electron chi connectivity index (χ0n) is 11.0. The third-order valence-corrected chi connectivity index (χ3v) is 3.68. The quantitative estimate of drug-likeness (QED) is 0.754. The van der Waals surface area contributed by atoms with Crippen LogP contribution >= 0.6 is 0 Å². The first-order valence-electron chi connectivity index (χ1n) is 6.88. The molecule has 2 atom stereocenters. The molecule has 4 heteroatoms. The van der Waals surface area contributed by atoms with Crippen LogP contribution in [0, 0.1) is 5.92 Å². The van der Waals surface area contributed by atoms with Crippen LogP contribution in [0.1, 0.15) is 33.1 Å². The van der Waals surface area contributed by atoms with E-state index in [0.717, 1.165) is 19.6 Å². The number of fused-ring (bicyclic) bond motifs is 2. The molecule has 1 amide bonds. The average Bonchev–Trinajstić information content (AvgIpc) is 2.60. The average molecular weight is 239 g/mol. The third-order valence-electron chi connectivity index (χ3n) is 3.68. The minimum absolute atomic E-state index is 0.177. The monoisotopic (exact) mass is 239 g/mol. The molecule has 4 nitrogen and oxygen atoms in total. The van der Waals surface area contributed by atoms with Crippen LogP contribution in [0.2, 0.25) is 0 Å². The van der Waals surface area contributed by atoms with E-state index in [2.05, 4.69) is 29.4 Å². The lowest BCUT2D eigenvalue weighted by atomic mass is 10.1. The van der Waals surface area contributed by atoms with Crippen molar-refractivity contribution in [3.8, 4) is 0 Å². The molecular weight excluding hydrogens is 214 g/mol. The van der Waals surface area contributed by atoms with E-state index in [1.807, 2.05) is 0 Å². The minimum Gasteiger partial charge on any atom is -0.355 e. The van der Waals surface area contributed by atoms with Crippen molar-refractivity contribution in [2.24, 2.45) is 5.92 Å². The fourth-order valence-corrected chi connectivity index (χ4v) is 2.74. The summed E-state index contributed by atoms with van der Waals surface area (Å²) >= 11 is 0. The van der Waals surface area contributed by atoms with Gasteiger partial charge < -0.3 is 10.6 Å². The summed E-state index contributed by atoms with van der Waals surface area (Å²) in [7, 11) is 0. The Morgan fingerprint density at radius 3 is 2.88 bits per heavy atom. The first-order chi connectivity index (χ1) is 8.13. The number of amides is 1. The molecule has 2 aliphatic heterocycles. The van der Waals surface area contributed by atoms with Crippen molar-refractivity contribution >= 4 is 5.91 Å². The molecule has 0 aromatic carbocycles. The first-order valence-corrected chi connectivity index (χ1v) is 6.88. The summed E-state index contributed by atoms with van der Waals surface area (Å²) < 4.78 is 0. The topological polar surface area (TPSA) is 44.4 Å². The van der Waals surface area contributed by atoms with Gasteiger partial charge in [0.1, 0.15) is 0 Å². The van der Waals surface area contributed by atoms with E-state index in [-0.39, 0.29) is 5.91 Å². The summed E-state index contributed by atoms with van der Waals surface area (Å²) in [5, 5.41) is 6.63. The number of carbonyl (C=O) groups excluding carboxylic acids is 1. The molecule has 2 fully saturated rings. The van der Waals surface area contributed by atoms with Gasteiger partial charge in [0, 0.05) is 31.7 Å². The standard InChI is InChI=1S/C13H25N3O/c1-10(2)7-14-13(17)9-16-6-5-11-3-4-12(8-16)15-11/h10-12,15H,3-9H2,1-2H3,(H,14,17). The second-order valence-corrected chi connectivity index (χ2v) is 5.86. The van der Waals surface area contributed by atoms with Gasteiger partial charge in [-0.1, -0.05) is 13.8 Å². The van der Waals surface area contributed by atoms with Gasteiger partial charge in [0.25, 0.3) is 0 Å². The summed E-state index contributed by atoms with van der Waals surface area (Å²) in [6, 6.07) is 1.31. The molecule has 2 unspecified atom stereocenters. The molecule has 0 aromatic heterocycles. The van der Waals surface area contributed by atoms with Gasteiger partial charge in [0.2, 0.25) is 5.91 Å². The van der Waals surface area contributed by atoms with Crippen molar-refractivity contribution in [2.45, 2.75) is 45.2 Å². The number of likely N-dealkylation sites (tertiary alicyclic amines) is 1. The molecule has 2 rings (SSSR count). The maximum atomic E-state index is 11.8. The maximum Gasteiger partial charge on any atom is 0.234 e. The summed E-state index contributed by atoms with van der Waals surface area (Å²) in [6.45, 7) is 7.69. The number of carbonyl (C=O) groups is 1. The van der Waals surface area contributed by atoms with Crippen molar-refractivity contribution in [1.29, 1.82) is 0 Å². The zero-order chi connectivity index (χ0) is 12.3. The molecule has 2 bridgehead atoms. The number of hydrogen-bond acceptors (Lipinski definition) is 3. The van der Waals surface area contributed by atoms with E-state index in [4.69, 9.17) is 0 Å². The Kier molecular flexibility index (Phi) is 4.40. The summed E-state index contributed by atoms with van der Waals surface area (Å²) in [5.41, 5.74) is 0. The van der Waals surface area contributed by atoms with Crippen LogP contribution in [-0.4, -0.2) is 49.1 Å². The molecule has 0 spiro atoms. The fourth-order valence-electron chi connectivity index (χ4n) is 2.74. The number of nitrogens with zero attached hydrogens (tertiary/aromatic N) is 1. The summed E-state index contributed by atoms with van der Waals surface area (Å²) in [6.07, 6.45) is 3.78. The van der Waals surface area contributed by atoms with Crippen LogP contribution in [0.3, 0.4) is 0 Å². The van der Waals surface area contributed by atoms with Gasteiger partial charge in [-0.2, -0.15) is 0 Å². The predicted octanol–water partition coefficient (Wildman–Crippen LogP) is 0.585. The molecule has 0 aliphatic carbocycles. The van der Waals surface area contributed by atoms with Gasteiger partial charge in [-0.15, -0.1) is 0 Å². The fraction of sp³-hybridized carbons (Fsp3) is 0.923. The maximum absolute atomic E-state index is 11.8. The predicted molar refractivity (Wildman–Crippen MR) is 68.9 cm³/mol. The normalized spacial score (nSPS) is 29.4. The molecule has 98 valence electrons. The van der Waals surface area contributed by atoms with Crippen LogP contribution in [0.15, 0.2) is 0 Å². The lowest BCUT2D eigenvalue weighted by molar-refractivity contribution is -0.122. The van der Waals surface area contributed by atoms with Crippen molar-refractivity contribution in [3.63, 3.8) is 0 Å². The van der Waals surface area contributed by atoms with Crippen LogP contribution in [-0.2, 0) is 4.79 Å². The Balaban J connectivity index is 1.73. The molecule has 2 heterocycles. The SMILES string of the molecule is CC(C)CNC(=O)CN1CCC2CCC(C1)N2. The lowest BCUT2D eigenvalue weighted by Crippen LogP contribution is -2.42. The van der Waals surface area contributed by atoms with Gasteiger partial charge in [0.05, 0.1) is 6.54 Å². The van der Waals surface area contributed by atoms with Gasteiger partial charge in [-0.25, -0.2) is 0 Å². The highest BCUT2D eigenvalue weighted by molar-refractivity contribution is 5.78.